The number of hydrogen-bond donors (Lipinski definition) is 2. The minimum Gasteiger partial charge on any atom is -0.484 e. The molecule has 2 amide bonds. The van der Waals surface area contributed by atoms with Crippen molar-refractivity contribution in [3.05, 3.63) is 69.8 Å². The molecule has 10 heteroatoms. The highest BCUT2D eigenvalue weighted by atomic mass is 19.2. The van der Waals surface area contributed by atoms with Crippen molar-refractivity contribution in [3.8, 4) is 5.75 Å². The zero-order chi connectivity index (χ0) is 21.8. The fourth-order valence-corrected chi connectivity index (χ4v) is 2.59. The summed E-state index contributed by atoms with van der Waals surface area (Å²) in [5, 5.41) is 4.97. The molecule has 0 spiro atoms. The minimum absolute atomic E-state index is 0.264. The molecule has 0 unspecified atom stereocenters. The van der Waals surface area contributed by atoms with E-state index in [1.807, 2.05) is 5.32 Å². The van der Waals surface area contributed by atoms with Gasteiger partial charge in [-0.1, -0.05) is 0 Å². The molecule has 1 aromatic heterocycles. The normalized spacial score (nSPS) is 10.7. The summed E-state index contributed by atoms with van der Waals surface area (Å²) in [5.74, 6) is -5.90. The van der Waals surface area contributed by atoms with Crippen LogP contribution in [0.2, 0.25) is 0 Å². The fraction of sp³-hybridized carbons (Fsp3) is 0.150. The van der Waals surface area contributed by atoms with Gasteiger partial charge < -0.3 is 19.8 Å². The van der Waals surface area contributed by atoms with Gasteiger partial charge in [0.1, 0.15) is 11.3 Å². The van der Waals surface area contributed by atoms with Crippen LogP contribution in [0.5, 0.6) is 5.75 Å². The van der Waals surface area contributed by atoms with Gasteiger partial charge in [0.05, 0.1) is 12.2 Å². The van der Waals surface area contributed by atoms with Gasteiger partial charge in [-0.05, 0) is 36.8 Å². The molecule has 0 saturated heterocycles. The largest absolute Gasteiger partial charge is 0.484 e. The van der Waals surface area contributed by atoms with E-state index in [2.05, 4.69) is 5.32 Å². The smallest absolute Gasteiger partial charge is 0.336 e. The summed E-state index contributed by atoms with van der Waals surface area (Å²) in [4.78, 5) is 35.0. The van der Waals surface area contributed by atoms with Crippen molar-refractivity contribution >= 4 is 28.5 Å². The number of carbonyl (C=O) groups excluding carboxylic acids is 2. The van der Waals surface area contributed by atoms with E-state index < -0.39 is 53.7 Å². The predicted molar refractivity (Wildman–Crippen MR) is 101 cm³/mol. The Balaban J connectivity index is 1.52. The van der Waals surface area contributed by atoms with Gasteiger partial charge in [0.25, 0.3) is 5.91 Å². The fourth-order valence-electron chi connectivity index (χ4n) is 2.59. The molecule has 0 saturated carbocycles. The summed E-state index contributed by atoms with van der Waals surface area (Å²) in [6, 6.07) is 7.58. The van der Waals surface area contributed by atoms with Crippen LogP contribution in [-0.2, 0) is 9.59 Å². The standard InChI is InChI=1S/C20H15F3N2O5/c1-10-6-18(28)30-15-7-11(2-3-12(10)15)29-9-17(27)24-8-16(26)25-14-5-4-13(21)19(22)20(14)23/h2-7H,8-9H2,1H3,(H,24,27)(H,25,26). The number of amides is 2. The van der Waals surface area contributed by atoms with Crippen molar-refractivity contribution in [2.75, 3.05) is 18.5 Å². The monoisotopic (exact) mass is 420 g/mol. The summed E-state index contributed by atoms with van der Waals surface area (Å²) in [6.07, 6.45) is 0. The van der Waals surface area contributed by atoms with Gasteiger partial charge in [0, 0.05) is 17.5 Å². The second-order valence-corrected chi connectivity index (χ2v) is 6.24. The number of hydrogen-bond acceptors (Lipinski definition) is 5. The van der Waals surface area contributed by atoms with Gasteiger partial charge in [0.15, 0.2) is 24.1 Å². The first kappa shape index (κ1) is 20.9. The first-order valence-electron chi connectivity index (χ1n) is 8.62. The number of fused-ring (bicyclic) bond motifs is 1. The van der Waals surface area contributed by atoms with Crippen LogP contribution in [-0.4, -0.2) is 25.0 Å². The van der Waals surface area contributed by atoms with Crippen molar-refractivity contribution in [2.45, 2.75) is 6.92 Å². The average molecular weight is 420 g/mol. The Labute approximate surface area is 167 Å². The van der Waals surface area contributed by atoms with Crippen LogP contribution in [0.15, 0.2) is 45.6 Å². The molecule has 0 radical (unpaired) electrons. The molecule has 156 valence electrons. The molecule has 1 heterocycles. The van der Waals surface area contributed by atoms with Crippen molar-refractivity contribution in [2.24, 2.45) is 0 Å². The SMILES string of the molecule is Cc1cc(=O)oc2cc(OCC(=O)NCC(=O)Nc3ccc(F)c(F)c3F)ccc12. The molecule has 0 aliphatic carbocycles. The van der Waals surface area contributed by atoms with Gasteiger partial charge >= 0.3 is 5.63 Å². The number of aryl methyl sites for hydroxylation is 1. The summed E-state index contributed by atoms with van der Waals surface area (Å²) < 4.78 is 49.9. The second kappa shape index (κ2) is 8.68. The molecule has 2 N–H and O–H groups in total. The maximum absolute atomic E-state index is 13.5. The number of carbonyl (C=O) groups is 2. The lowest BCUT2D eigenvalue weighted by Crippen LogP contribution is -2.36. The molecule has 2 aromatic carbocycles. The van der Waals surface area contributed by atoms with Crippen molar-refractivity contribution in [1.82, 2.24) is 5.32 Å². The molecule has 0 aliphatic heterocycles. The highest BCUT2D eigenvalue weighted by Crippen LogP contribution is 2.22. The van der Waals surface area contributed by atoms with Crippen molar-refractivity contribution < 1.29 is 31.9 Å². The Morgan fingerprint density at radius 1 is 1.03 bits per heavy atom. The first-order chi connectivity index (χ1) is 14.2. The van der Waals surface area contributed by atoms with E-state index >= 15 is 0 Å². The molecule has 0 atom stereocenters. The Morgan fingerprint density at radius 2 is 1.80 bits per heavy atom. The highest BCUT2D eigenvalue weighted by molar-refractivity contribution is 5.94. The number of rotatable bonds is 6. The molecule has 0 aliphatic rings. The third kappa shape index (κ3) is 4.77. The zero-order valence-corrected chi connectivity index (χ0v) is 15.6. The Hall–Kier alpha value is -3.82. The Morgan fingerprint density at radius 3 is 2.57 bits per heavy atom. The van der Waals surface area contributed by atoms with E-state index in [4.69, 9.17) is 9.15 Å². The third-order valence-electron chi connectivity index (χ3n) is 4.05. The number of anilines is 1. The van der Waals surface area contributed by atoms with Crippen LogP contribution in [0.3, 0.4) is 0 Å². The van der Waals surface area contributed by atoms with E-state index in [0.717, 1.165) is 11.6 Å². The third-order valence-corrected chi connectivity index (χ3v) is 4.05. The van der Waals surface area contributed by atoms with Gasteiger partial charge in [0.2, 0.25) is 5.91 Å². The van der Waals surface area contributed by atoms with E-state index in [9.17, 15) is 27.6 Å². The quantitative estimate of drug-likeness (QED) is 0.472. The predicted octanol–water partition coefficient (Wildman–Crippen LogP) is 2.65. The van der Waals surface area contributed by atoms with E-state index in [1.54, 1.807) is 19.1 Å². The highest BCUT2D eigenvalue weighted by Gasteiger charge is 2.15. The van der Waals surface area contributed by atoms with Gasteiger partial charge in [-0.2, -0.15) is 0 Å². The van der Waals surface area contributed by atoms with Gasteiger partial charge in [-0.15, -0.1) is 0 Å². The van der Waals surface area contributed by atoms with Gasteiger partial charge in [-0.25, -0.2) is 18.0 Å². The molecule has 30 heavy (non-hydrogen) atoms. The molecule has 0 fully saturated rings. The van der Waals surface area contributed by atoms with Gasteiger partial charge in [-0.3, -0.25) is 9.59 Å². The lowest BCUT2D eigenvalue weighted by molar-refractivity contribution is -0.125. The number of benzene rings is 2. The van der Waals surface area contributed by atoms with Crippen LogP contribution in [0.1, 0.15) is 5.56 Å². The lowest BCUT2D eigenvalue weighted by Gasteiger charge is -2.10. The summed E-state index contributed by atoms with van der Waals surface area (Å²) in [5.41, 5.74) is -0.0457. The molecule has 0 bridgehead atoms. The van der Waals surface area contributed by atoms with Crippen LogP contribution in [0.25, 0.3) is 11.0 Å². The van der Waals surface area contributed by atoms with E-state index in [0.29, 0.717) is 17.0 Å². The van der Waals surface area contributed by atoms with Crippen LogP contribution in [0, 0.1) is 24.4 Å². The van der Waals surface area contributed by atoms with E-state index in [-0.39, 0.29) is 5.75 Å². The number of halogens is 3. The molecule has 7 nitrogen and oxygen atoms in total. The molecule has 3 aromatic rings. The molecule has 3 rings (SSSR count). The maximum Gasteiger partial charge on any atom is 0.336 e. The minimum atomic E-state index is -1.72. The van der Waals surface area contributed by atoms with Crippen LogP contribution < -0.4 is 21.0 Å². The Bertz CT molecular complexity index is 1190. The summed E-state index contributed by atoms with van der Waals surface area (Å²) in [6.45, 7) is 0.755. The number of ether oxygens (including phenoxy) is 1. The zero-order valence-electron chi connectivity index (χ0n) is 15.6. The van der Waals surface area contributed by atoms with Crippen LogP contribution >= 0.6 is 0 Å². The summed E-state index contributed by atoms with van der Waals surface area (Å²) in [7, 11) is 0. The molecular formula is C20H15F3N2O5. The second-order valence-electron chi connectivity index (χ2n) is 6.24. The maximum atomic E-state index is 13.5. The topological polar surface area (TPSA) is 97.6 Å². The molecular weight excluding hydrogens is 405 g/mol. The Kier molecular flexibility index (Phi) is 6.05. The van der Waals surface area contributed by atoms with Crippen molar-refractivity contribution in [3.63, 3.8) is 0 Å². The average Bonchev–Trinajstić information content (AvgIpc) is 2.70. The van der Waals surface area contributed by atoms with Crippen LogP contribution in [0.4, 0.5) is 18.9 Å². The number of nitrogens with one attached hydrogen (secondary N) is 2. The first-order valence-corrected chi connectivity index (χ1v) is 8.62. The van der Waals surface area contributed by atoms with E-state index in [1.165, 1.54) is 12.1 Å². The summed E-state index contributed by atoms with van der Waals surface area (Å²) >= 11 is 0. The van der Waals surface area contributed by atoms with Crippen molar-refractivity contribution in [1.29, 1.82) is 0 Å². The lowest BCUT2D eigenvalue weighted by atomic mass is 10.1.